The van der Waals surface area contributed by atoms with Crippen LogP contribution in [0.1, 0.15) is 17.5 Å². The zero-order valence-corrected chi connectivity index (χ0v) is 13.9. The van der Waals surface area contributed by atoms with E-state index in [0.717, 1.165) is 5.04 Å². The van der Waals surface area contributed by atoms with Gasteiger partial charge in [-0.05, 0) is 45.7 Å². The fourth-order valence-corrected chi connectivity index (χ4v) is 5.54. The summed E-state index contributed by atoms with van der Waals surface area (Å²) in [5.41, 5.74) is 6.45. The third-order valence-corrected chi connectivity index (χ3v) is 6.43. The first-order valence-electron chi connectivity index (χ1n) is 8.62. The minimum atomic E-state index is 0.404. The molecular weight excluding hydrogens is 312 g/mol. The molecule has 2 bridgehead atoms. The molecule has 0 amide bonds. The number of hydrogen-bond acceptors (Lipinski definition) is 2. The van der Waals surface area contributed by atoms with Crippen LogP contribution < -0.4 is 0 Å². The molecule has 4 aliphatic rings. The molecule has 3 heteroatoms. The highest BCUT2D eigenvalue weighted by Gasteiger charge is 2.56. The molecule has 2 aromatic rings. The van der Waals surface area contributed by atoms with Gasteiger partial charge in [0.05, 0.1) is 17.0 Å². The van der Waals surface area contributed by atoms with E-state index in [1.165, 1.54) is 34.4 Å². The van der Waals surface area contributed by atoms with Crippen molar-refractivity contribution in [3.8, 4) is 11.1 Å². The molecule has 2 nitrogen and oxygen atoms in total. The van der Waals surface area contributed by atoms with Crippen molar-refractivity contribution in [1.82, 2.24) is 0 Å². The summed E-state index contributed by atoms with van der Waals surface area (Å²) in [6.07, 6.45) is 5.98. The second-order valence-corrected chi connectivity index (χ2v) is 7.61. The Morgan fingerprint density at radius 3 is 2.08 bits per heavy atom. The Balaban J connectivity index is 1.67. The van der Waals surface area contributed by atoms with Gasteiger partial charge in [0.1, 0.15) is 0 Å². The Morgan fingerprint density at radius 1 is 0.833 bits per heavy atom. The maximum Gasteiger partial charge on any atom is 0.247 e. The lowest BCUT2D eigenvalue weighted by Gasteiger charge is -2.19. The largest absolute Gasteiger partial charge is 0.758 e. The summed E-state index contributed by atoms with van der Waals surface area (Å²) < 4.78 is 2.27. The number of allylic oxidation sites excluding steroid dienone is 1. The Bertz CT molecular complexity index is 937. The second-order valence-electron chi connectivity index (χ2n) is 7.19. The molecule has 0 saturated heterocycles. The average Bonchev–Trinajstić information content (AvgIpc) is 3.35. The van der Waals surface area contributed by atoms with Crippen LogP contribution in [0.15, 0.2) is 65.8 Å². The van der Waals surface area contributed by atoms with E-state index in [-0.39, 0.29) is 0 Å². The maximum atomic E-state index is 5.67. The predicted octanol–water partition coefficient (Wildman–Crippen LogP) is 3.58. The zero-order chi connectivity index (χ0) is 15.8. The molecule has 3 aliphatic carbocycles. The third-order valence-electron chi connectivity index (χ3n) is 6.08. The van der Waals surface area contributed by atoms with Crippen molar-refractivity contribution < 1.29 is 4.68 Å². The highest BCUT2D eigenvalue weighted by Crippen LogP contribution is 2.49. The van der Waals surface area contributed by atoms with Crippen LogP contribution in [0.4, 0.5) is 0 Å². The molecule has 1 fully saturated rings. The van der Waals surface area contributed by atoms with Gasteiger partial charge in [0.2, 0.25) is 5.71 Å². The second kappa shape index (κ2) is 4.42. The van der Waals surface area contributed by atoms with Gasteiger partial charge in [-0.25, -0.2) is 0 Å². The van der Waals surface area contributed by atoms with E-state index in [0.29, 0.717) is 23.8 Å². The molecule has 4 atom stereocenters. The zero-order valence-electron chi connectivity index (χ0n) is 13.1. The highest BCUT2D eigenvalue weighted by molar-refractivity contribution is 7.77. The van der Waals surface area contributed by atoms with Crippen LogP contribution in [0.3, 0.4) is 0 Å². The minimum Gasteiger partial charge on any atom is -0.758 e. The predicted molar refractivity (Wildman–Crippen MR) is 98.2 cm³/mol. The summed E-state index contributed by atoms with van der Waals surface area (Å²) in [5, 5.41) is 5.78. The Morgan fingerprint density at radius 2 is 1.42 bits per heavy atom. The van der Waals surface area contributed by atoms with E-state index < -0.39 is 0 Å². The Labute approximate surface area is 146 Å². The first-order valence-corrected chi connectivity index (χ1v) is 9.03. The van der Waals surface area contributed by atoms with Gasteiger partial charge in [0.15, 0.2) is 6.04 Å². The van der Waals surface area contributed by atoms with Crippen LogP contribution in [-0.4, -0.2) is 21.5 Å². The van der Waals surface area contributed by atoms with E-state index in [9.17, 15) is 0 Å². The van der Waals surface area contributed by atoms with E-state index in [4.69, 9.17) is 17.7 Å². The molecule has 0 spiro atoms. The van der Waals surface area contributed by atoms with Crippen molar-refractivity contribution in [3.05, 3.63) is 71.8 Å². The van der Waals surface area contributed by atoms with Crippen molar-refractivity contribution in [2.24, 2.45) is 22.9 Å². The molecule has 0 aromatic heterocycles. The molecule has 0 N–H and O–H groups in total. The number of nitrogens with zero attached hydrogens (tertiary/aromatic N) is 2. The lowest BCUT2D eigenvalue weighted by molar-refractivity contribution is -0.568. The molecule has 0 radical (unpaired) electrons. The fourth-order valence-electron chi connectivity index (χ4n) is 5.14. The monoisotopic (exact) mass is 328 g/mol. The summed E-state index contributed by atoms with van der Waals surface area (Å²) in [6.45, 7) is 0. The summed E-state index contributed by atoms with van der Waals surface area (Å²) in [7, 11) is 0. The average molecular weight is 328 g/mol. The van der Waals surface area contributed by atoms with Gasteiger partial charge in [-0.3, -0.25) is 0 Å². The number of rotatable bonds is 0. The normalized spacial score (nSPS) is 31.2. The SMILES string of the molecule is [S-]C1=N[N+](=C2c3ccccc3-c3ccccc32)[C@H]2[C@@H]1[C@@H]1C=C[C@H]2C1. The quantitative estimate of drug-likeness (QED) is 0.350. The molecular formula is C21H16N2S. The van der Waals surface area contributed by atoms with Crippen molar-refractivity contribution >= 4 is 23.4 Å². The van der Waals surface area contributed by atoms with Crippen LogP contribution in [0.25, 0.3) is 11.1 Å². The van der Waals surface area contributed by atoms with Crippen molar-refractivity contribution in [2.45, 2.75) is 12.5 Å². The summed E-state index contributed by atoms with van der Waals surface area (Å²) >= 11 is 5.67. The number of fused-ring (bicyclic) bond motifs is 8. The third kappa shape index (κ3) is 1.47. The van der Waals surface area contributed by atoms with Crippen LogP contribution in [0.5, 0.6) is 0 Å². The first-order chi connectivity index (χ1) is 11.8. The maximum absolute atomic E-state index is 5.67. The molecule has 1 heterocycles. The van der Waals surface area contributed by atoms with Crippen molar-refractivity contribution in [3.63, 3.8) is 0 Å². The standard InChI is InChI=1S/C21H16N2S/c24-21-18-12-9-10-13(11-12)19(18)23(22-21)20-16-7-3-1-5-14(16)15-6-2-4-8-17(15)20/h1-10,12-13,18-19H,11H2/t12-,13+,18+,19-/m1/s1. The summed E-state index contributed by atoms with van der Waals surface area (Å²) in [5.74, 6) is 1.59. The fraction of sp³-hybridized carbons (Fsp3) is 0.238. The van der Waals surface area contributed by atoms with Gasteiger partial charge < -0.3 is 12.6 Å². The van der Waals surface area contributed by atoms with E-state index in [1.54, 1.807) is 0 Å². The van der Waals surface area contributed by atoms with Crippen LogP contribution in [0, 0.1) is 17.8 Å². The van der Waals surface area contributed by atoms with E-state index >= 15 is 0 Å². The van der Waals surface area contributed by atoms with Gasteiger partial charge >= 0.3 is 0 Å². The topological polar surface area (TPSA) is 15.4 Å². The molecule has 1 saturated carbocycles. The molecule has 6 rings (SSSR count). The lowest BCUT2D eigenvalue weighted by Crippen LogP contribution is -2.34. The van der Waals surface area contributed by atoms with Gasteiger partial charge in [0.25, 0.3) is 0 Å². The van der Waals surface area contributed by atoms with Gasteiger partial charge in [-0.15, -0.1) is 0 Å². The molecule has 24 heavy (non-hydrogen) atoms. The van der Waals surface area contributed by atoms with Crippen LogP contribution >= 0.6 is 0 Å². The smallest absolute Gasteiger partial charge is 0.247 e. The number of hydrogen-bond donors (Lipinski definition) is 0. The summed E-state index contributed by atoms with van der Waals surface area (Å²) in [6, 6.07) is 17.8. The first kappa shape index (κ1) is 13.1. The highest BCUT2D eigenvalue weighted by atomic mass is 32.1. The van der Waals surface area contributed by atoms with Gasteiger partial charge in [0, 0.05) is 5.92 Å². The van der Waals surface area contributed by atoms with Gasteiger partial charge in [-0.1, -0.05) is 53.2 Å². The molecule has 1 aliphatic heterocycles. The van der Waals surface area contributed by atoms with Crippen molar-refractivity contribution in [1.29, 1.82) is 0 Å². The molecule has 116 valence electrons. The van der Waals surface area contributed by atoms with Gasteiger partial charge in [-0.2, -0.15) is 0 Å². The Hall–Kier alpha value is -2.26. The minimum absolute atomic E-state index is 0.404. The van der Waals surface area contributed by atoms with E-state index in [2.05, 4.69) is 65.4 Å². The van der Waals surface area contributed by atoms with E-state index in [1.807, 2.05) is 0 Å². The van der Waals surface area contributed by atoms with Crippen molar-refractivity contribution in [2.75, 3.05) is 0 Å². The number of hydrazone groups is 1. The number of benzene rings is 2. The lowest BCUT2D eigenvalue weighted by atomic mass is 9.90. The molecule has 0 unspecified atom stereocenters. The summed E-state index contributed by atoms with van der Waals surface area (Å²) in [4.78, 5) is 0. The Kier molecular flexibility index (Phi) is 2.41. The van der Waals surface area contributed by atoms with Crippen LogP contribution in [0.2, 0.25) is 0 Å². The van der Waals surface area contributed by atoms with Crippen LogP contribution in [-0.2, 0) is 12.6 Å². The molecule has 2 aromatic carbocycles.